The van der Waals surface area contributed by atoms with Crippen molar-refractivity contribution < 1.29 is 13.9 Å². The van der Waals surface area contributed by atoms with E-state index in [2.05, 4.69) is 10.1 Å². The quantitative estimate of drug-likeness (QED) is 0.707. The molecule has 1 aromatic rings. The molecule has 0 unspecified atom stereocenters. The predicted octanol–water partition coefficient (Wildman–Crippen LogP) is 1.06. The van der Waals surface area contributed by atoms with Crippen LogP contribution in [0.25, 0.3) is 0 Å². The number of fused-ring (bicyclic) bond motifs is 1. The summed E-state index contributed by atoms with van der Waals surface area (Å²) in [7, 11) is 0. The van der Waals surface area contributed by atoms with E-state index in [1.165, 1.54) is 6.92 Å². The number of aryl methyl sites for hydroxylation is 1. The van der Waals surface area contributed by atoms with Gasteiger partial charge < -0.3 is 4.74 Å². The molecule has 86 valence electrons. The van der Waals surface area contributed by atoms with E-state index in [-0.39, 0.29) is 12.3 Å². The van der Waals surface area contributed by atoms with Crippen LogP contribution in [0.15, 0.2) is 4.99 Å². The van der Waals surface area contributed by atoms with E-state index in [1.807, 2.05) is 0 Å². The lowest BCUT2D eigenvalue weighted by molar-refractivity contribution is -0.142. The number of hydrogen-bond acceptors (Lipinski definition) is 4. The summed E-state index contributed by atoms with van der Waals surface area (Å²) in [6.07, 6.45) is 2.50. The van der Waals surface area contributed by atoms with Gasteiger partial charge in [-0.2, -0.15) is 5.10 Å². The normalized spacial score (nSPS) is 14.4. The van der Waals surface area contributed by atoms with Crippen molar-refractivity contribution in [2.45, 2.75) is 33.0 Å². The SMILES string of the molecule is CC(=O)OCc1nn2c(c1F)CN=CCC2. The first-order valence-corrected chi connectivity index (χ1v) is 5.04. The van der Waals surface area contributed by atoms with Crippen LogP contribution < -0.4 is 0 Å². The molecule has 2 rings (SSSR count). The Morgan fingerprint density at radius 3 is 3.25 bits per heavy atom. The highest BCUT2D eigenvalue weighted by Gasteiger charge is 2.18. The summed E-state index contributed by atoms with van der Waals surface area (Å²) < 4.78 is 20.1. The van der Waals surface area contributed by atoms with E-state index < -0.39 is 11.8 Å². The molecule has 1 aliphatic rings. The highest BCUT2D eigenvalue weighted by molar-refractivity contribution is 5.65. The van der Waals surface area contributed by atoms with Crippen LogP contribution in [0, 0.1) is 5.82 Å². The Hall–Kier alpha value is -1.72. The fourth-order valence-corrected chi connectivity index (χ4v) is 1.55. The van der Waals surface area contributed by atoms with Crippen LogP contribution >= 0.6 is 0 Å². The Morgan fingerprint density at radius 2 is 2.50 bits per heavy atom. The summed E-state index contributed by atoms with van der Waals surface area (Å²) in [6.45, 7) is 2.06. The first-order valence-electron chi connectivity index (χ1n) is 5.04. The number of halogens is 1. The Kier molecular flexibility index (Phi) is 2.98. The van der Waals surface area contributed by atoms with Crippen molar-refractivity contribution in [3.05, 3.63) is 17.2 Å². The van der Waals surface area contributed by atoms with Crippen LogP contribution in [-0.4, -0.2) is 22.0 Å². The number of hydrogen-bond donors (Lipinski definition) is 0. The average Bonchev–Trinajstić information content (AvgIpc) is 2.43. The molecule has 0 spiro atoms. The molecule has 2 heterocycles. The molecule has 16 heavy (non-hydrogen) atoms. The summed E-state index contributed by atoms with van der Waals surface area (Å²) in [5.74, 6) is -0.860. The smallest absolute Gasteiger partial charge is 0.303 e. The molecule has 5 nitrogen and oxygen atoms in total. The summed E-state index contributed by atoms with van der Waals surface area (Å²) in [4.78, 5) is 14.7. The number of carbonyl (C=O) groups excluding carboxylic acids is 1. The molecule has 1 aromatic heterocycles. The van der Waals surface area contributed by atoms with Crippen molar-refractivity contribution >= 4 is 12.2 Å². The third kappa shape index (κ3) is 2.10. The molecule has 1 aliphatic heterocycles. The molecule has 0 fully saturated rings. The van der Waals surface area contributed by atoms with Crippen molar-refractivity contribution in [2.24, 2.45) is 4.99 Å². The molecule has 6 heteroatoms. The molecule has 0 amide bonds. The van der Waals surface area contributed by atoms with Gasteiger partial charge in [0.2, 0.25) is 0 Å². The zero-order chi connectivity index (χ0) is 11.5. The molecule has 0 bridgehead atoms. The number of carbonyl (C=O) groups is 1. The van der Waals surface area contributed by atoms with Crippen molar-refractivity contribution in [1.29, 1.82) is 0 Å². The van der Waals surface area contributed by atoms with Crippen LogP contribution in [0.3, 0.4) is 0 Å². The maximum atomic E-state index is 13.8. The van der Waals surface area contributed by atoms with Gasteiger partial charge in [-0.3, -0.25) is 14.5 Å². The van der Waals surface area contributed by atoms with E-state index >= 15 is 0 Å². The van der Waals surface area contributed by atoms with Gasteiger partial charge in [-0.1, -0.05) is 0 Å². The minimum absolute atomic E-state index is 0.120. The maximum Gasteiger partial charge on any atom is 0.303 e. The Morgan fingerprint density at radius 1 is 1.69 bits per heavy atom. The van der Waals surface area contributed by atoms with E-state index in [0.717, 1.165) is 6.42 Å². The summed E-state index contributed by atoms with van der Waals surface area (Å²) in [5, 5.41) is 4.07. The number of ether oxygens (including phenoxy) is 1. The summed E-state index contributed by atoms with van der Waals surface area (Å²) in [6, 6.07) is 0. The second-order valence-electron chi connectivity index (χ2n) is 3.52. The van der Waals surface area contributed by atoms with Crippen LogP contribution in [0.2, 0.25) is 0 Å². The van der Waals surface area contributed by atoms with Gasteiger partial charge in [0.05, 0.1) is 12.2 Å². The maximum absolute atomic E-state index is 13.8. The molecular weight excluding hydrogens is 213 g/mol. The molecule has 0 aromatic carbocycles. The van der Waals surface area contributed by atoms with Gasteiger partial charge in [0.1, 0.15) is 12.3 Å². The van der Waals surface area contributed by atoms with E-state index in [9.17, 15) is 9.18 Å². The number of aliphatic imine (C=N–C) groups is 1. The number of rotatable bonds is 2. The molecule has 0 radical (unpaired) electrons. The fraction of sp³-hybridized carbons (Fsp3) is 0.500. The highest BCUT2D eigenvalue weighted by Crippen LogP contribution is 2.16. The van der Waals surface area contributed by atoms with Crippen molar-refractivity contribution in [3.8, 4) is 0 Å². The monoisotopic (exact) mass is 225 g/mol. The first-order chi connectivity index (χ1) is 7.68. The number of aromatic nitrogens is 2. The van der Waals surface area contributed by atoms with Crippen LogP contribution in [0.1, 0.15) is 24.7 Å². The number of esters is 1. The van der Waals surface area contributed by atoms with E-state index in [4.69, 9.17) is 4.74 Å². The third-order valence-corrected chi connectivity index (χ3v) is 2.31. The van der Waals surface area contributed by atoms with Gasteiger partial charge in [-0.15, -0.1) is 0 Å². The first kappa shape index (κ1) is 10.8. The molecule has 0 saturated heterocycles. The Bertz CT molecular complexity index is 440. The molecule has 0 N–H and O–H groups in total. The van der Waals surface area contributed by atoms with Gasteiger partial charge in [0, 0.05) is 26.1 Å². The van der Waals surface area contributed by atoms with Gasteiger partial charge in [0.15, 0.2) is 5.82 Å². The van der Waals surface area contributed by atoms with Crippen molar-refractivity contribution in [1.82, 2.24) is 9.78 Å². The minimum atomic E-state index is -0.444. The molecule has 0 aliphatic carbocycles. The molecule has 0 saturated carbocycles. The van der Waals surface area contributed by atoms with Gasteiger partial charge in [-0.25, -0.2) is 4.39 Å². The van der Waals surface area contributed by atoms with Crippen molar-refractivity contribution in [2.75, 3.05) is 0 Å². The topological polar surface area (TPSA) is 56.5 Å². The number of nitrogens with zero attached hydrogens (tertiary/aromatic N) is 3. The van der Waals surface area contributed by atoms with Crippen molar-refractivity contribution in [3.63, 3.8) is 0 Å². The van der Waals surface area contributed by atoms with Crippen LogP contribution in [0.5, 0.6) is 0 Å². The largest absolute Gasteiger partial charge is 0.459 e. The second-order valence-corrected chi connectivity index (χ2v) is 3.52. The zero-order valence-electron chi connectivity index (χ0n) is 8.94. The van der Waals surface area contributed by atoms with E-state index in [0.29, 0.717) is 18.8 Å². The standard InChI is InChI=1S/C10H12FN3O2/c1-7(15)16-6-8-10(11)9-5-12-3-2-4-14(9)13-8/h3H,2,4-6H2,1H3. The Labute approximate surface area is 91.9 Å². The Balaban J connectivity index is 2.21. The minimum Gasteiger partial charge on any atom is -0.459 e. The van der Waals surface area contributed by atoms with Crippen LogP contribution in [-0.2, 0) is 29.2 Å². The average molecular weight is 225 g/mol. The summed E-state index contributed by atoms with van der Waals surface area (Å²) in [5.41, 5.74) is 0.623. The lowest BCUT2D eigenvalue weighted by Gasteiger charge is -1.98. The van der Waals surface area contributed by atoms with Gasteiger partial charge in [0.25, 0.3) is 0 Å². The molecular formula is C10H12FN3O2. The van der Waals surface area contributed by atoms with Gasteiger partial charge in [-0.05, 0) is 0 Å². The second kappa shape index (κ2) is 4.42. The fourth-order valence-electron chi connectivity index (χ4n) is 1.55. The predicted molar refractivity (Wildman–Crippen MR) is 54.5 cm³/mol. The lowest BCUT2D eigenvalue weighted by atomic mass is 10.3. The van der Waals surface area contributed by atoms with Gasteiger partial charge >= 0.3 is 5.97 Å². The highest BCUT2D eigenvalue weighted by atomic mass is 19.1. The molecule has 0 atom stereocenters. The lowest BCUT2D eigenvalue weighted by Crippen LogP contribution is -2.04. The zero-order valence-corrected chi connectivity index (χ0v) is 8.94. The van der Waals surface area contributed by atoms with Crippen LogP contribution in [0.4, 0.5) is 4.39 Å². The third-order valence-electron chi connectivity index (χ3n) is 2.31. The summed E-state index contributed by atoms with van der Waals surface area (Å²) >= 11 is 0. The van der Waals surface area contributed by atoms with E-state index in [1.54, 1.807) is 10.9 Å².